The van der Waals surface area contributed by atoms with Crippen molar-refractivity contribution in [3.8, 4) is 22.6 Å². The van der Waals surface area contributed by atoms with Gasteiger partial charge in [-0.3, -0.25) is 19.6 Å². The number of amides is 1. The fourth-order valence-electron chi connectivity index (χ4n) is 6.09. The van der Waals surface area contributed by atoms with Gasteiger partial charge in [0.25, 0.3) is 5.91 Å². The Balaban J connectivity index is 1.29. The number of aromatic nitrogens is 2. The lowest BCUT2D eigenvalue weighted by atomic mass is 10.00. The number of hydrogen-bond acceptors (Lipinski definition) is 10. The highest BCUT2D eigenvalue weighted by molar-refractivity contribution is 9.10. The van der Waals surface area contributed by atoms with Gasteiger partial charge < -0.3 is 39.7 Å². The van der Waals surface area contributed by atoms with Crippen LogP contribution >= 0.6 is 27.5 Å². The number of methoxy groups -OCH3 is 1. The van der Waals surface area contributed by atoms with Crippen LogP contribution in [-0.2, 0) is 34.0 Å². The molecule has 0 radical (unpaired) electrons. The first-order valence-corrected chi connectivity index (χ1v) is 18.4. The molecule has 5 N–H and O–H groups in total. The number of aliphatic hydroxyl groups excluding tert-OH is 2. The van der Waals surface area contributed by atoms with Crippen molar-refractivity contribution in [2.24, 2.45) is 0 Å². The summed E-state index contributed by atoms with van der Waals surface area (Å²) in [5.41, 5.74) is 4.40. The summed E-state index contributed by atoms with van der Waals surface area (Å²) in [6.45, 7) is 3.40. The third-order valence-corrected chi connectivity index (χ3v) is 10.1. The van der Waals surface area contributed by atoms with Gasteiger partial charge in [0, 0.05) is 66.9 Å². The lowest BCUT2D eigenvalue weighted by molar-refractivity contribution is -0.140. The van der Waals surface area contributed by atoms with Crippen LogP contribution in [0.25, 0.3) is 22.0 Å². The third-order valence-electron chi connectivity index (χ3n) is 8.90. The highest BCUT2D eigenvalue weighted by Gasteiger charge is 2.21. The van der Waals surface area contributed by atoms with Crippen molar-refractivity contribution in [2.45, 2.75) is 51.1 Å². The van der Waals surface area contributed by atoms with E-state index in [0.717, 1.165) is 77.5 Å². The summed E-state index contributed by atoms with van der Waals surface area (Å²) in [4.78, 5) is 26.1. The number of likely N-dealkylation sites (tertiary alicyclic amines) is 1. The van der Waals surface area contributed by atoms with E-state index >= 15 is 0 Å². The number of fused-ring (bicyclic) bond motifs is 1. The molecule has 2 atom stereocenters. The molecule has 0 saturated carbocycles. The molecule has 0 aliphatic carbocycles. The number of aliphatic carboxylic acids is 1. The summed E-state index contributed by atoms with van der Waals surface area (Å²) in [5.74, 6) is -1.01. The summed E-state index contributed by atoms with van der Waals surface area (Å²) < 4.78 is 19.9. The molecule has 15 heteroatoms. The standard InChI is InChI=1S/C37H45BrClN5O8/c1-50-15-11-40-35(47)23-52-33-17-34(30(39)16-25(33)18-41-31(21-45)37(48)49)51-22-24-6-4-8-28(36(24)38)27-7-5-9-32-29(27)19-42-44(32)13-3-2-12-43-14-10-26(46)20-43/h4-9,16-17,19,26,31,41,45-46H,2-3,10-15,18,20-23H2,1H3,(H,40,47)(H,48,49)/t26-,31+/m1/s1. The van der Waals surface area contributed by atoms with Crippen LogP contribution in [0.15, 0.2) is 59.2 Å². The van der Waals surface area contributed by atoms with E-state index in [4.69, 9.17) is 30.9 Å². The first-order chi connectivity index (χ1) is 25.2. The third kappa shape index (κ3) is 10.4. The van der Waals surface area contributed by atoms with Crippen LogP contribution in [0, 0.1) is 0 Å². The second-order valence-corrected chi connectivity index (χ2v) is 13.8. The highest BCUT2D eigenvalue weighted by Crippen LogP contribution is 2.38. The Labute approximate surface area is 315 Å². The first kappa shape index (κ1) is 39.4. The molecule has 280 valence electrons. The van der Waals surface area contributed by atoms with Crippen LogP contribution in [0.4, 0.5) is 0 Å². The summed E-state index contributed by atoms with van der Waals surface area (Å²) in [6.07, 6.45) is 4.59. The van der Waals surface area contributed by atoms with Crippen molar-refractivity contribution < 1.29 is 39.1 Å². The number of aliphatic hydroxyl groups is 2. The van der Waals surface area contributed by atoms with Crippen LogP contribution in [0.5, 0.6) is 11.5 Å². The number of nitrogens with one attached hydrogen (secondary N) is 2. The van der Waals surface area contributed by atoms with Crippen LogP contribution in [-0.4, -0.2) is 107 Å². The van der Waals surface area contributed by atoms with Crippen molar-refractivity contribution in [2.75, 3.05) is 53.1 Å². The number of hydrogen-bond donors (Lipinski definition) is 5. The number of β-amino-alcohol motifs (C(OH)–C–C–N with tert-alkyl or cyclic N) is 1. The van der Waals surface area contributed by atoms with Gasteiger partial charge in [-0.2, -0.15) is 5.10 Å². The second kappa shape index (κ2) is 19.4. The van der Waals surface area contributed by atoms with Crippen molar-refractivity contribution in [3.05, 3.63) is 75.4 Å². The van der Waals surface area contributed by atoms with Crippen LogP contribution in [0.3, 0.4) is 0 Å². The number of nitrogens with zero attached hydrogens (tertiary/aromatic N) is 3. The van der Waals surface area contributed by atoms with Gasteiger partial charge in [-0.05, 0) is 65.0 Å². The Morgan fingerprint density at radius 2 is 1.87 bits per heavy atom. The number of carboxylic acid groups (broad SMARTS) is 1. The van der Waals surface area contributed by atoms with Gasteiger partial charge in [-0.1, -0.05) is 41.9 Å². The molecule has 1 amide bonds. The smallest absolute Gasteiger partial charge is 0.323 e. The number of carbonyl (C=O) groups is 2. The lowest BCUT2D eigenvalue weighted by Crippen LogP contribution is -2.39. The van der Waals surface area contributed by atoms with E-state index in [9.17, 15) is 24.9 Å². The fourth-order valence-corrected chi connectivity index (χ4v) is 6.93. The zero-order valence-electron chi connectivity index (χ0n) is 29.0. The van der Waals surface area contributed by atoms with Gasteiger partial charge >= 0.3 is 5.97 Å². The fraction of sp³-hybridized carbons (Fsp3) is 0.432. The molecular formula is C37H45BrClN5O8. The summed E-state index contributed by atoms with van der Waals surface area (Å²) in [5, 5.41) is 40.0. The molecule has 52 heavy (non-hydrogen) atoms. The second-order valence-electron chi connectivity index (χ2n) is 12.6. The monoisotopic (exact) mass is 801 g/mol. The molecule has 1 fully saturated rings. The zero-order chi connectivity index (χ0) is 37.0. The summed E-state index contributed by atoms with van der Waals surface area (Å²) in [6, 6.07) is 14.1. The predicted molar refractivity (Wildman–Crippen MR) is 201 cm³/mol. The SMILES string of the molecule is COCCNC(=O)COc1cc(OCc2cccc(-c3cccc4c3cnn4CCCCN3CC[C@@H](O)C3)c2Br)c(Cl)cc1CN[C@@H](CO)C(=O)O. The normalized spacial score (nSPS) is 15.2. The Morgan fingerprint density at radius 3 is 2.62 bits per heavy atom. The molecule has 1 aromatic heterocycles. The quantitative estimate of drug-likeness (QED) is 0.0813. The number of benzene rings is 3. The molecule has 4 aromatic rings. The van der Waals surface area contributed by atoms with E-state index in [2.05, 4.69) is 43.6 Å². The largest absolute Gasteiger partial charge is 0.487 e. The van der Waals surface area contributed by atoms with Gasteiger partial charge in [-0.15, -0.1) is 0 Å². The first-order valence-electron chi connectivity index (χ1n) is 17.2. The number of rotatable bonds is 20. The van der Waals surface area contributed by atoms with Gasteiger partial charge in [0.15, 0.2) is 6.61 Å². The lowest BCUT2D eigenvalue weighted by Gasteiger charge is -2.18. The molecule has 3 aromatic carbocycles. The van der Waals surface area contributed by atoms with E-state index in [1.165, 1.54) is 7.11 Å². The van der Waals surface area contributed by atoms with E-state index in [0.29, 0.717) is 24.5 Å². The minimum Gasteiger partial charge on any atom is -0.487 e. The van der Waals surface area contributed by atoms with E-state index < -0.39 is 18.6 Å². The molecule has 5 rings (SSSR count). The predicted octanol–water partition coefficient (Wildman–Crippen LogP) is 4.22. The molecule has 0 unspecified atom stereocenters. The summed E-state index contributed by atoms with van der Waals surface area (Å²) >= 11 is 10.5. The van der Waals surface area contributed by atoms with Crippen LogP contribution in [0.1, 0.15) is 30.4 Å². The molecule has 0 bridgehead atoms. The highest BCUT2D eigenvalue weighted by atomic mass is 79.9. The van der Waals surface area contributed by atoms with Crippen LogP contribution in [0.2, 0.25) is 5.02 Å². The molecule has 2 heterocycles. The van der Waals surface area contributed by atoms with E-state index in [1.54, 1.807) is 12.1 Å². The maximum Gasteiger partial charge on any atom is 0.323 e. The number of unbranched alkanes of at least 4 members (excludes halogenated alkanes) is 1. The molecule has 1 saturated heterocycles. The maximum atomic E-state index is 12.4. The van der Waals surface area contributed by atoms with Crippen molar-refractivity contribution in [1.29, 1.82) is 0 Å². The van der Waals surface area contributed by atoms with Gasteiger partial charge in [0.2, 0.25) is 0 Å². The minimum atomic E-state index is -1.21. The van der Waals surface area contributed by atoms with Crippen LogP contribution < -0.4 is 20.1 Å². The number of halogens is 2. The summed E-state index contributed by atoms with van der Waals surface area (Å²) in [7, 11) is 1.53. The number of carbonyl (C=O) groups excluding carboxylic acids is 1. The topological polar surface area (TPSA) is 168 Å². The van der Waals surface area contributed by atoms with Gasteiger partial charge in [0.1, 0.15) is 24.1 Å². The van der Waals surface area contributed by atoms with Gasteiger partial charge in [0.05, 0.1) is 36.1 Å². The average molecular weight is 803 g/mol. The van der Waals surface area contributed by atoms with Crippen molar-refractivity contribution in [3.63, 3.8) is 0 Å². The minimum absolute atomic E-state index is 0.00249. The molecule has 0 spiro atoms. The Kier molecular flexibility index (Phi) is 14.7. The number of aryl methyl sites for hydroxylation is 1. The number of ether oxygens (including phenoxy) is 3. The molecule has 1 aliphatic rings. The van der Waals surface area contributed by atoms with E-state index in [-0.39, 0.29) is 42.5 Å². The van der Waals surface area contributed by atoms with Crippen molar-refractivity contribution >= 4 is 50.3 Å². The Bertz CT molecular complexity index is 1820. The zero-order valence-corrected chi connectivity index (χ0v) is 31.4. The molecule has 13 nitrogen and oxygen atoms in total. The molecular weight excluding hydrogens is 758 g/mol. The van der Waals surface area contributed by atoms with Gasteiger partial charge in [-0.25, -0.2) is 0 Å². The molecule has 1 aliphatic heterocycles. The Morgan fingerprint density at radius 1 is 1.08 bits per heavy atom. The average Bonchev–Trinajstić information content (AvgIpc) is 3.75. The van der Waals surface area contributed by atoms with E-state index in [1.807, 2.05) is 35.1 Å². The number of carboxylic acids is 1. The Hall–Kier alpha value is -3.76. The maximum absolute atomic E-state index is 12.4. The van der Waals surface area contributed by atoms with Crippen molar-refractivity contribution in [1.82, 2.24) is 25.3 Å².